The number of hydrogen-bond acceptors (Lipinski definition) is 5. The molecule has 0 N–H and O–H groups in total. The van der Waals surface area contributed by atoms with E-state index in [-0.39, 0.29) is 5.82 Å². The molecule has 23 heavy (non-hydrogen) atoms. The molecule has 0 amide bonds. The maximum Gasteiger partial charge on any atom is 0.124 e. The fraction of sp³-hybridized carbons (Fsp3) is 0.118. The first kappa shape index (κ1) is 15.8. The van der Waals surface area contributed by atoms with Gasteiger partial charge in [0.1, 0.15) is 21.5 Å². The Labute approximate surface area is 142 Å². The summed E-state index contributed by atoms with van der Waals surface area (Å²) >= 11 is 3.13. The SMILES string of the molecule is C=CCSc1ccc(-c2sc(-c3ccc(F)cc3)nc2C)nn1. The molecule has 0 radical (unpaired) electrons. The highest BCUT2D eigenvalue weighted by Crippen LogP contribution is 2.34. The zero-order valence-electron chi connectivity index (χ0n) is 12.5. The van der Waals surface area contributed by atoms with Crippen molar-refractivity contribution in [1.29, 1.82) is 0 Å². The van der Waals surface area contributed by atoms with Gasteiger partial charge in [-0.2, -0.15) is 0 Å². The molecule has 0 aliphatic carbocycles. The van der Waals surface area contributed by atoms with Crippen LogP contribution in [0.25, 0.3) is 21.1 Å². The molecule has 0 atom stereocenters. The smallest absolute Gasteiger partial charge is 0.124 e. The molecule has 6 heteroatoms. The molecule has 0 spiro atoms. The number of aromatic nitrogens is 3. The van der Waals surface area contributed by atoms with Crippen molar-refractivity contribution in [2.45, 2.75) is 11.9 Å². The van der Waals surface area contributed by atoms with Crippen LogP contribution < -0.4 is 0 Å². The molecule has 2 aromatic heterocycles. The van der Waals surface area contributed by atoms with Crippen LogP contribution in [0.15, 0.2) is 54.1 Å². The van der Waals surface area contributed by atoms with Crippen molar-refractivity contribution in [2.24, 2.45) is 0 Å². The Hall–Kier alpha value is -2.05. The largest absolute Gasteiger partial charge is 0.241 e. The monoisotopic (exact) mass is 343 g/mol. The Morgan fingerprint density at radius 1 is 1.17 bits per heavy atom. The predicted octanol–water partition coefficient (Wildman–Crippen LogP) is 4.99. The Morgan fingerprint density at radius 2 is 1.96 bits per heavy atom. The molecule has 3 rings (SSSR count). The van der Waals surface area contributed by atoms with Gasteiger partial charge in [0.25, 0.3) is 0 Å². The van der Waals surface area contributed by atoms with Gasteiger partial charge >= 0.3 is 0 Å². The predicted molar refractivity (Wildman–Crippen MR) is 94.2 cm³/mol. The summed E-state index contributed by atoms with van der Waals surface area (Å²) in [6.45, 7) is 5.64. The standard InChI is InChI=1S/C17H14FN3S2/c1-3-10-22-15-9-8-14(20-21-15)16-11(2)19-17(23-16)12-4-6-13(18)7-5-12/h3-9H,1,10H2,2H3. The highest BCUT2D eigenvalue weighted by atomic mass is 32.2. The molecule has 2 heterocycles. The Bertz CT molecular complexity index is 811. The van der Waals surface area contributed by atoms with E-state index in [1.165, 1.54) is 23.5 Å². The quantitative estimate of drug-likeness (QED) is 0.483. The maximum atomic E-state index is 13.0. The summed E-state index contributed by atoms with van der Waals surface area (Å²) in [5, 5.41) is 10.2. The molecule has 3 nitrogen and oxygen atoms in total. The van der Waals surface area contributed by atoms with Gasteiger partial charge in [-0.05, 0) is 43.3 Å². The summed E-state index contributed by atoms with van der Waals surface area (Å²) in [6, 6.07) is 10.3. The lowest BCUT2D eigenvalue weighted by molar-refractivity contribution is 0.628. The molecule has 0 saturated heterocycles. The molecule has 0 aliphatic rings. The van der Waals surface area contributed by atoms with Gasteiger partial charge in [-0.25, -0.2) is 9.37 Å². The van der Waals surface area contributed by atoms with Gasteiger partial charge in [-0.1, -0.05) is 6.08 Å². The van der Waals surface area contributed by atoms with Crippen LogP contribution in [-0.4, -0.2) is 20.9 Å². The van der Waals surface area contributed by atoms with Crippen LogP contribution in [0.1, 0.15) is 5.69 Å². The van der Waals surface area contributed by atoms with Crippen LogP contribution in [-0.2, 0) is 0 Å². The number of benzene rings is 1. The third-order valence-electron chi connectivity index (χ3n) is 3.11. The minimum absolute atomic E-state index is 0.249. The van der Waals surface area contributed by atoms with Gasteiger partial charge in [0, 0.05) is 11.3 Å². The van der Waals surface area contributed by atoms with E-state index in [4.69, 9.17) is 0 Å². The average Bonchev–Trinajstić information content (AvgIpc) is 2.96. The van der Waals surface area contributed by atoms with E-state index in [1.807, 2.05) is 25.1 Å². The zero-order chi connectivity index (χ0) is 16.2. The van der Waals surface area contributed by atoms with Crippen molar-refractivity contribution in [2.75, 3.05) is 5.75 Å². The molecule has 0 fully saturated rings. The summed E-state index contributed by atoms with van der Waals surface area (Å²) in [6.07, 6.45) is 1.84. The van der Waals surface area contributed by atoms with Crippen molar-refractivity contribution in [1.82, 2.24) is 15.2 Å². The lowest BCUT2D eigenvalue weighted by Crippen LogP contribution is -1.89. The van der Waals surface area contributed by atoms with Crippen molar-refractivity contribution in [3.05, 3.63) is 60.6 Å². The number of thioether (sulfide) groups is 1. The van der Waals surface area contributed by atoms with Gasteiger partial charge in [0.05, 0.1) is 10.6 Å². The summed E-state index contributed by atoms with van der Waals surface area (Å²) in [7, 11) is 0. The van der Waals surface area contributed by atoms with Gasteiger partial charge < -0.3 is 0 Å². The molecule has 0 unspecified atom stereocenters. The summed E-state index contributed by atoms with van der Waals surface area (Å²) in [5.41, 5.74) is 2.60. The van der Waals surface area contributed by atoms with E-state index in [1.54, 1.807) is 23.9 Å². The molecule has 0 bridgehead atoms. The number of halogens is 1. The van der Waals surface area contributed by atoms with Gasteiger partial charge in [0.15, 0.2) is 0 Å². The van der Waals surface area contributed by atoms with Gasteiger partial charge in [-0.3, -0.25) is 0 Å². The highest BCUT2D eigenvalue weighted by Gasteiger charge is 2.13. The highest BCUT2D eigenvalue weighted by molar-refractivity contribution is 7.99. The summed E-state index contributed by atoms with van der Waals surface area (Å²) in [4.78, 5) is 5.55. The fourth-order valence-electron chi connectivity index (χ4n) is 2.01. The van der Waals surface area contributed by atoms with Crippen LogP contribution >= 0.6 is 23.1 Å². The van der Waals surface area contributed by atoms with E-state index < -0.39 is 0 Å². The Morgan fingerprint density at radius 3 is 2.61 bits per heavy atom. The van der Waals surface area contributed by atoms with Crippen molar-refractivity contribution in [3.63, 3.8) is 0 Å². The van der Waals surface area contributed by atoms with E-state index in [0.29, 0.717) is 0 Å². The third-order valence-corrected chi connectivity index (χ3v) is 5.25. The molecule has 0 saturated carbocycles. The van der Waals surface area contributed by atoms with E-state index in [0.717, 1.165) is 37.6 Å². The van der Waals surface area contributed by atoms with Gasteiger partial charge in [-0.15, -0.1) is 39.9 Å². The number of rotatable bonds is 5. The second kappa shape index (κ2) is 7.02. The lowest BCUT2D eigenvalue weighted by atomic mass is 10.2. The Kier molecular flexibility index (Phi) is 4.83. The van der Waals surface area contributed by atoms with Crippen molar-refractivity contribution >= 4 is 23.1 Å². The average molecular weight is 343 g/mol. The normalized spacial score (nSPS) is 10.7. The first-order valence-electron chi connectivity index (χ1n) is 6.98. The van der Waals surface area contributed by atoms with E-state index in [2.05, 4.69) is 21.8 Å². The number of aryl methyl sites for hydroxylation is 1. The number of thiazole rings is 1. The number of nitrogens with zero attached hydrogens (tertiary/aromatic N) is 3. The van der Waals surface area contributed by atoms with Crippen LogP contribution in [0.4, 0.5) is 4.39 Å². The van der Waals surface area contributed by atoms with E-state index >= 15 is 0 Å². The molecule has 3 aromatic rings. The van der Waals surface area contributed by atoms with Crippen LogP contribution in [0, 0.1) is 12.7 Å². The number of hydrogen-bond donors (Lipinski definition) is 0. The molecule has 116 valence electrons. The van der Waals surface area contributed by atoms with Crippen LogP contribution in [0.2, 0.25) is 0 Å². The fourth-order valence-corrected chi connectivity index (χ4v) is 3.60. The van der Waals surface area contributed by atoms with Gasteiger partial charge in [0.2, 0.25) is 0 Å². The molecular formula is C17H14FN3S2. The van der Waals surface area contributed by atoms with Crippen molar-refractivity contribution in [3.8, 4) is 21.1 Å². The minimum Gasteiger partial charge on any atom is -0.241 e. The first-order valence-corrected chi connectivity index (χ1v) is 8.79. The second-order valence-electron chi connectivity index (χ2n) is 4.80. The molecule has 1 aromatic carbocycles. The molecule has 0 aliphatic heterocycles. The first-order chi connectivity index (χ1) is 11.2. The summed E-state index contributed by atoms with van der Waals surface area (Å²) in [5.74, 6) is 0.559. The van der Waals surface area contributed by atoms with Crippen molar-refractivity contribution < 1.29 is 4.39 Å². The topological polar surface area (TPSA) is 38.7 Å². The third kappa shape index (κ3) is 3.65. The second-order valence-corrected chi connectivity index (χ2v) is 6.84. The van der Waals surface area contributed by atoms with Crippen LogP contribution in [0.3, 0.4) is 0 Å². The summed E-state index contributed by atoms with van der Waals surface area (Å²) < 4.78 is 13.0. The minimum atomic E-state index is -0.249. The van der Waals surface area contributed by atoms with Crippen LogP contribution in [0.5, 0.6) is 0 Å². The zero-order valence-corrected chi connectivity index (χ0v) is 14.1. The maximum absolute atomic E-state index is 13.0. The molecular weight excluding hydrogens is 329 g/mol. The lowest BCUT2D eigenvalue weighted by Gasteiger charge is -1.99. The Balaban J connectivity index is 1.88. The van der Waals surface area contributed by atoms with E-state index in [9.17, 15) is 4.39 Å².